The summed E-state index contributed by atoms with van der Waals surface area (Å²) in [5.41, 5.74) is 19.9. The van der Waals surface area contributed by atoms with Gasteiger partial charge in [0.2, 0.25) is 0 Å². The molecular formula is C72H49BrF3NO2. The number of halogens is 4. The average Bonchev–Trinajstić information content (AvgIpc) is 3.27. The molecule has 382 valence electrons. The van der Waals surface area contributed by atoms with Crippen LogP contribution in [0.3, 0.4) is 0 Å². The minimum absolute atomic E-state index is 0.0299. The molecule has 0 amide bonds. The average molecular weight is 1100 g/mol. The summed E-state index contributed by atoms with van der Waals surface area (Å²) in [6.45, 7) is 0.544. The summed E-state index contributed by atoms with van der Waals surface area (Å²) in [7, 11) is 0. The molecule has 2 aliphatic rings. The van der Waals surface area contributed by atoms with Crippen LogP contribution in [0.5, 0.6) is 5.75 Å². The number of nitrogens with zero attached hydrogens (tertiary/aromatic N) is 1. The molecule has 0 N–H and O–H groups in total. The van der Waals surface area contributed by atoms with Crippen molar-refractivity contribution in [2.24, 2.45) is 0 Å². The Morgan fingerprint density at radius 2 is 0.759 bits per heavy atom. The van der Waals surface area contributed by atoms with Gasteiger partial charge in [0.1, 0.15) is 5.75 Å². The molecule has 0 aliphatic heterocycles. The Morgan fingerprint density at radius 1 is 0.367 bits per heavy atom. The van der Waals surface area contributed by atoms with Crippen LogP contribution in [0.1, 0.15) is 55.6 Å². The van der Waals surface area contributed by atoms with Gasteiger partial charge in [0, 0.05) is 21.5 Å². The van der Waals surface area contributed by atoms with E-state index < -0.39 is 22.9 Å². The second-order valence-corrected chi connectivity index (χ2v) is 20.9. The van der Waals surface area contributed by atoms with Crippen LogP contribution >= 0.6 is 15.9 Å². The van der Waals surface area contributed by atoms with Gasteiger partial charge in [-0.05, 0) is 150 Å². The lowest BCUT2D eigenvalue weighted by molar-refractivity contribution is 0.107. The van der Waals surface area contributed by atoms with Gasteiger partial charge >= 0.3 is 12.1 Å². The first-order chi connectivity index (χ1) is 38.8. The normalized spacial score (nSPS) is 13.2. The van der Waals surface area contributed by atoms with Crippen molar-refractivity contribution in [1.82, 2.24) is 0 Å². The van der Waals surface area contributed by atoms with E-state index in [9.17, 15) is 13.2 Å². The zero-order valence-corrected chi connectivity index (χ0v) is 44.3. The predicted octanol–water partition coefficient (Wildman–Crippen LogP) is 19.4. The van der Waals surface area contributed by atoms with E-state index in [0.29, 0.717) is 6.61 Å². The molecule has 79 heavy (non-hydrogen) atoms. The molecule has 0 aromatic heterocycles. The Kier molecular flexibility index (Phi) is 13.0. The Bertz CT molecular complexity index is 3960. The predicted molar refractivity (Wildman–Crippen MR) is 315 cm³/mol. The maximum absolute atomic E-state index is 13.5. The fourth-order valence-electron chi connectivity index (χ4n) is 12.3. The van der Waals surface area contributed by atoms with E-state index in [-0.39, 0.29) is 12.4 Å². The summed E-state index contributed by atoms with van der Waals surface area (Å²) in [6.07, 6.45) is -2.51. The van der Waals surface area contributed by atoms with Gasteiger partial charge < -0.3 is 14.4 Å². The van der Waals surface area contributed by atoms with Gasteiger partial charge in [0.25, 0.3) is 0 Å². The highest BCUT2D eigenvalue weighted by Gasteiger charge is 2.48. The summed E-state index contributed by atoms with van der Waals surface area (Å²) in [5, 5.41) is 0. The van der Waals surface area contributed by atoms with Gasteiger partial charge in [0.05, 0.1) is 24.0 Å². The van der Waals surface area contributed by atoms with Crippen LogP contribution < -0.4 is 9.64 Å². The number of ether oxygens (including phenoxy) is 2. The zero-order valence-electron chi connectivity index (χ0n) is 42.7. The first-order valence-corrected chi connectivity index (χ1v) is 27.1. The summed E-state index contributed by atoms with van der Waals surface area (Å²) in [4.78, 5) is 2.42. The van der Waals surface area contributed by atoms with Crippen LogP contribution in [0, 0.1) is 0 Å². The molecule has 0 spiro atoms. The van der Waals surface area contributed by atoms with E-state index in [1.165, 1.54) is 45.5 Å². The van der Waals surface area contributed by atoms with Gasteiger partial charge in [-0.3, -0.25) is 0 Å². The lowest BCUT2D eigenvalue weighted by Gasteiger charge is -2.36. The summed E-state index contributed by atoms with van der Waals surface area (Å²) in [5.74, 6) is -0.0299. The molecular weight excluding hydrogens is 1050 g/mol. The first-order valence-electron chi connectivity index (χ1n) is 26.3. The van der Waals surface area contributed by atoms with Crippen molar-refractivity contribution in [1.29, 1.82) is 0 Å². The number of hydrogen-bond acceptors (Lipinski definition) is 3. The Morgan fingerprint density at radius 3 is 1.27 bits per heavy atom. The van der Waals surface area contributed by atoms with Crippen LogP contribution in [0.15, 0.2) is 290 Å². The monoisotopic (exact) mass is 1100 g/mol. The van der Waals surface area contributed by atoms with E-state index >= 15 is 0 Å². The molecule has 0 heterocycles. The van der Waals surface area contributed by atoms with Crippen molar-refractivity contribution >= 4 is 33.0 Å². The molecule has 0 fully saturated rings. The molecule has 0 unspecified atom stereocenters. The van der Waals surface area contributed by atoms with Crippen molar-refractivity contribution in [3.8, 4) is 39.1 Å². The molecule has 7 heteroatoms. The smallest absolute Gasteiger partial charge is 0.344 e. The van der Waals surface area contributed by atoms with Gasteiger partial charge in [0.15, 0.2) is 0 Å². The number of rotatable bonds is 14. The number of hydrogen-bond donors (Lipinski definition) is 0. The highest BCUT2D eigenvalue weighted by atomic mass is 79.9. The van der Waals surface area contributed by atoms with Crippen LogP contribution in [-0.2, 0) is 28.8 Å². The molecule has 2 aliphatic carbocycles. The van der Waals surface area contributed by atoms with Crippen LogP contribution in [-0.4, -0.2) is 0 Å². The van der Waals surface area contributed by atoms with E-state index in [4.69, 9.17) is 4.74 Å². The van der Waals surface area contributed by atoms with Crippen molar-refractivity contribution < 1.29 is 22.6 Å². The van der Waals surface area contributed by atoms with E-state index in [0.717, 1.165) is 77.2 Å². The van der Waals surface area contributed by atoms with E-state index in [1.807, 2.05) is 0 Å². The second-order valence-electron chi connectivity index (χ2n) is 20.0. The van der Waals surface area contributed by atoms with Crippen molar-refractivity contribution in [2.45, 2.75) is 24.0 Å². The molecule has 0 radical (unpaired) electrons. The fourth-order valence-corrected chi connectivity index (χ4v) is 12.6. The summed E-state index contributed by atoms with van der Waals surface area (Å²) >= 11 is 3.63. The molecule has 11 aromatic rings. The quantitative estimate of drug-likeness (QED) is 0.101. The minimum Gasteiger partial charge on any atom is -0.428 e. The van der Waals surface area contributed by atoms with E-state index in [2.05, 4.69) is 274 Å². The third kappa shape index (κ3) is 8.67. The molecule has 0 saturated heterocycles. The minimum atomic E-state index is -2.51. The fraction of sp³-hybridized carbons (Fsp3) is 0.0556. The standard InChI is InChI=1S/C72H49BrF3NO2/c73-56-32-28-50(29-33-56)51-30-34-57(35-31-51)77(58-36-41-63-61-23-13-14-24-65(61)71(67(63)44-58,52-15-5-1-6-16-52)53-17-7-2-8-18-53)59-37-42-64-62-40-27-49(47-78-46-48-25-38-60(39-26-48)79-70(76)69(74)75)43-66(62)72(68(64)45-59,54-19-9-3-10-20-54)55-21-11-4-12-22-55/h1-45H,46-47H2. The highest BCUT2D eigenvalue weighted by Crippen LogP contribution is 2.60. The van der Waals surface area contributed by atoms with Crippen molar-refractivity contribution in [3.05, 3.63) is 345 Å². The Hall–Kier alpha value is -9.01. The maximum atomic E-state index is 13.5. The van der Waals surface area contributed by atoms with Gasteiger partial charge in [-0.1, -0.05) is 228 Å². The van der Waals surface area contributed by atoms with Gasteiger partial charge in [-0.15, -0.1) is 0 Å². The van der Waals surface area contributed by atoms with Crippen LogP contribution in [0.25, 0.3) is 33.4 Å². The van der Waals surface area contributed by atoms with Gasteiger partial charge in [-0.25, -0.2) is 0 Å². The van der Waals surface area contributed by atoms with Crippen molar-refractivity contribution in [3.63, 3.8) is 0 Å². The SMILES string of the molecule is FC(F)=C(F)Oc1ccc(COCc2ccc3c(c2)C(c2ccccc2)(c2ccccc2)c2cc(N(c4ccc(-c5ccc(Br)cc5)cc4)c4ccc5c(c4)C(c4ccccc4)(c4ccccc4)c4ccccc4-5)ccc2-3)cc1. The Balaban J connectivity index is 0.975. The highest BCUT2D eigenvalue weighted by molar-refractivity contribution is 9.10. The van der Waals surface area contributed by atoms with E-state index in [1.54, 1.807) is 12.1 Å². The molecule has 0 bridgehead atoms. The van der Waals surface area contributed by atoms with Crippen molar-refractivity contribution in [2.75, 3.05) is 4.90 Å². The first kappa shape index (κ1) is 49.6. The topological polar surface area (TPSA) is 21.7 Å². The number of anilines is 3. The molecule has 0 atom stereocenters. The summed E-state index contributed by atoms with van der Waals surface area (Å²) < 4.78 is 50.9. The maximum Gasteiger partial charge on any atom is 0.344 e. The molecule has 0 saturated carbocycles. The third-order valence-electron chi connectivity index (χ3n) is 15.7. The molecule has 3 nitrogen and oxygen atoms in total. The summed E-state index contributed by atoms with van der Waals surface area (Å²) in [6, 6.07) is 94.7. The van der Waals surface area contributed by atoms with Gasteiger partial charge in [-0.2, -0.15) is 13.2 Å². The number of benzene rings is 11. The number of fused-ring (bicyclic) bond motifs is 6. The molecule has 13 rings (SSSR count). The third-order valence-corrected chi connectivity index (χ3v) is 16.2. The van der Waals surface area contributed by atoms with Crippen LogP contribution in [0.2, 0.25) is 0 Å². The second kappa shape index (κ2) is 20.7. The lowest BCUT2D eigenvalue weighted by atomic mass is 9.67. The molecule has 11 aromatic carbocycles. The van der Waals surface area contributed by atoms with Crippen LogP contribution in [0.4, 0.5) is 30.2 Å². The lowest BCUT2D eigenvalue weighted by Crippen LogP contribution is -2.29. The Labute approximate surface area is 466 Å². The largest absolute Gasteiger partial charge is 0.428 e. The zero-order chi connectivity index (χ0) is 53.5.